The normalized spacial score (nSPS) is 16.6. The van der Waals surface area contributed by atoms with Gasteiger partial charge in [0, 0.05) is 29.2 Å². The van der Waals surface area contributed by atoms with E-state index in [1.807, 2.05) is 13.0 Å². The van der Waals surface area contributed by atoms with Gasteiger partial charge in [0.05, 0.1) is 0 Å². The molecule has 2 heterocycles. The summed E-state index contributed by atoms with van der Waals surface area (Å²) in [7, 11) is -3.52. The van der Waals surface area contributed by atoms with E-state index in [9.17, 15) is 18.7 Å². The number of hydrogen-bond acceptors (Lipinski definition) is 7. The number of nitrogens with one attached hydrogen (secondary N) is 1. The van der Waals surface area contributed by atoms with Crippen molar-refractivity contribution in [3.05, 3.63) is 71.6 Å². The highest BCUT2D eigenvalue weighted by Gasteiger charge is 2.44. The third-order valence-electron chi connectivity index (χ3n) is 5.39. The zero-order chi connectivity index (χ0) is 25.4. The van der Waals surface area contributed by atoms with Gasteiger partial charge in [-0.15, -0.1) is 0 Å². The fourth-order valence-electron chi connectivity index (χ4n) is 3.80. The largest absolute Gasteiger partial charge is 0.454 e. The highest BCUT2D eigenvalue weighted by molar-refractivity contribution is 8.31. The Hall–Kier alpha value is -3.27. The second-order valence-electron chi connectivity index (χ2n) is 9.34. The van der Waals surface area contributed by atoms with Crippen molar-refractivity contribution in [3.8, 4) is 0 Å². The SMILES string of the molecule is CCCCN1C(=O)C(Nc2ccc3cc(C(=O)OC(C)(C)C)oc3c2)=C(c2ccccc2)S1(O)O. The molecule has 1 aromatic heterocycles. The van der Waals surface area contributed by atoms with Crippen molar-refractivity contribution in [2.45, 2.75) is 46.1 Å². The fraction of sp³-hybridized carbons (Fsp3) is 0.308. The Balaban J connectivity index is 1.71. The van der Waals surface area contributed by atoms with Crippen molar-refractivity contribution < 1.29 is 27.8 Å². The zero-order valence-corrected chi connectivity index (χ0v) is 21.0. The van der Waals surface area contributed by atoms with E-state index in [2.05, 4.69) is 5.32 Å². The molecule has 0 saturated heterocycles. The topological polar surface area (TPSA) is 112 Å². The number of benzene rings is 2. The van der Waals surface area contributed by atoms with Crippen LogP contribution < -0.4 is 5.32 Å². The maximum Gasteiger partial charge on any atom is 0.374 e. The number of unbranched alkanes of at least 4 members (excludes halogenated alkanes) is 1. The Morgan fingerprint density at radius 1 is 1.11 bits per heavy atom. The highest BCUT2D eigenvalue weighted by Crippen LogP contribution is 2.62. The van der Waals surface area contributed by atoms with Gasteiger partial charge < -0.3 is 14.5 Å². The van der Waals surface area contributed by atoms with Crippen LogP contribution in [0.1, 0.15) is 56.7 Å². The van der Waals surface area contributed by atoms with Gasteiger partial charge in [0.25, 0.3) is 5.91 Å². The summed E-state index contributed by atoms with van der Waals surface area (Å²) in [4.78, 5) is 25.9. The number of anilines is 1. The number of carbonyl (C=O) groups excluding carboxylic acids is 2. The van der Waals surface area contributed by atoms with Crippen LogP contribution in [0.25, 0.3) is 15.9 Å². The van der Waals surface area contributed by atoms with Crippen molar-refractivity contribution in [2.24, 2.45) is 0 Å². The molecule has 1 amide bonds. The van der Waals surface area contributed by atoms with Crippen LogP contribution in [0.5, 0.6) is 0 Å². The predicted molar refractivity (Wildman–Crippen MR) is 138 cm³/mol. The van der Waals surface area contributed by atoms with Gasteiger partial charge >= 0.3 is 5.97 Å². The van der Waals surface area contributed by atoms with Crippen LogP contribution in [-0.2, 0) is 9.53 Å². The van der Waals surface area contributed by atoms with E-state index in [1.54, 1.807) is 69.3 Å². The first-order valence-electron chi connectivity index (χ1n) is 11.4. The van der Waals surface area contributed by atoms with Gasteiger partial charge in [-0.3, -0.25) is 13.9 Å². The average Bonchev–Trinajstić information content (AvgIpc) is 3.28. The number of fused-ring (bicyclic) bond motifs is 1. The van der Waals surface area contributed by atoms with Crippen LogP contribution in [0.2, 0.25) is 0 Å². The van der Waals surface area contributed by atoms with Crippen LogP contribution in [0.15, 0.2) is 64.7 Å². The van der Waals surface area contributed by atoms with Gasteiger partial charge in [-0.25, -0.2) is 9.10 Å². The van der Waals surface area contributed by atoms with E-state index in [1.165, 1.54) is 0 Å². The highest BCUT2D eigenvalue weighted by atomic mass is 32.3. The summed E-state index contributed by atoms with van der Waals surface area (Å²) in [6.45, 7) is 7.54. The lowest BCUT2D eigenvalue weighted by molar-refractivity contribution is -0.122. The first-order chi connectivity index (χ1) is 16.5. The maximum atomic E-state index is 13.3. The number of rotatable bonds is 7. The van der Waals surface area contributed by atoms with Crippen LogP contribution >= 0.6 is 10.8 Å². The number of nitrogens with zero attached hydrogens (tertiary/aromatic N) is 1. The number of ether oxygens (including phenoxy) is 1. The number of hydrogen-bond donors (Lipinski definition) is 3. The van der Waals surface area contributed by atoms with E-state index in [4.69, 9.17) is 9.15 Å². The second-order valence-corrected chi connectivity index (χ2v) is 11.2. The molecular formula is C26H30N2O6S. The van der Waals surface area contributed by atoms with Crippen molar-refractivity contribution in [3.63, 3.8) is 0 Å². The molecule has 35 heavy (non-hydrogen) atoms. The number of carbonyl (C=O) groups is 2. The summed E-state index contributed by atoms with van der Waals surface area (Å²) in [5, 5.41) is 3.78. The van der Waals surface area contributed by atoms with Gasteiger partial charge in [0.1, 0.15) is 21.8 Å². The predicted octanol–water partition coefficient (Wildman–Crippen LogP) is 6.48. The number of amides is 1. The molecule has 9 heteroatoms. The van der Waals surface area contributed by atoms with Crippen molar-refractivity contribution in [1.82, 2.24) is 4.31 Å². The van der Waals surface area contributed by atoms with Crippen LogP contribution in [-0.4, -0.2) is 37.4 Å². The Labute approximate surface area is 206 Å². The molecule has 0 radical (unpaired) electrons. The quantitative estimate of drug-likeness (QED) is 0.320. The zero-order valence-electron chi connectivity index (χ0n) is 20.2. The molecule has 1 aliphatic heterocycles. The Morgan fingerprint density at radius 3 is 2.49 bits per heavy atom. The molecule has 0 atom stereocenters. The molecule has 3 N–H and O–H groups in total. The molecule has 4 rings (SSSR count). The molecule has 8 nitrogen and oxygen atoms in total. The smallest absolute Gasteiger partial charge is 0.374 e. The molecule has 0 saturated carbocycles. The van der Waals surface area contributed by atoms with E-state index in [0.717, 1.165) is 10.7 Å². The molecule has 2 aromatic carbocycles. The van der Waals surface area contributed by atoms with E-state index in [-0.39, 0.29) is 22.9 Å². The molecular weight excluding hydrogens is 468 g/mol. The van der Waals surface area contributed by atoms with Crippen molar-refractivity contribution in [2.75, 3.05) is 11.9 Å². The molecule has 0 aliphatic carbocycles. The third-order valence-corrected chi connectivity index (χ3v) is 7.34. The molecule has 186 valence electrons. The maximum absolute atomic E-state index is 13.3. The molecule has 3 aromatic rings. The first kappa shape index (κ1) is 24.8. The van der Waals surface area contributed by atoms with Crippen LogP contribution in [0, 0.1) is 0 Å². The van der Waals surface area contributed by atoms with Crippen molar-refractivity contribution >= 4 is 44.2 Å². The van der Waals surface area contributed by atoms with Gasteiger partial charge in [-0.05, 0) is 45.4 Å². The lowest BCUT2D eigenvalue weighted by Crippen LogP contribution is -2.31. The number of esters is 1. The lowest BCUT2D eigenvalue weighted by atomic mass is 10.1. The average molecular weight is 499 g/mol. The Morgan fingerprint density at radius 2 is 1.83 bits per heavy atom. The van der Waals surface area contributed by atoms with Crippen LogP contribution in [0.4, 0.5) is 5.69 Å². The minimum Gasteiger partial charge on any atom is -0.454 e. The Bertz CT molecular complexity index is 1290. The minimum absolute atomic E-state index is 0.0770. The summed E-state index contributed by atoms with van der Waals surface area (Å²) in [5.74, 6) is -0.969. The molecule has 0 bridgehead atoms. The van der Waals surface area contributed by atoms with Gasteiger partial charge in [-0.1, -0.05) is 54.5 Å². The second kappa shape index (κ2) is 9.41. The number of furan rings is 1. The summed E-state index contributed by atoms with van der Waals surface area (Å²) < 4.78 is 34.5. The van der Waals surface area contributed by atoms with Crippen molar-refractivity contribution in [1.29, 1.82) is 0 Å². The lowest BCUT2D eigenvalue weighted by Gasteiger charge is -2.38. The standard InChI is InChI=1S/C26H30N2O6S/c1-5-6-14-28-24(29)22(23(35(28,31)32)17-10-8-7-9-11-17)27-19-13-12-18-15-21(33-20(18)16-19)25(30)34-26(2,3)4/h7-13,15-16,27,31-32H,5-6,14H2,1-4H3. The van der Waals surface area contributed by atoms with E-state index >= 15 is 0 Å². The summed E-state index contributed by atoms with van der Waals surface area (Å²) >= 11 is 0. The summed E-state index contributed by atoms with van der Waals surface area (Å²) in [5.41, 5.74) is 0.933. The molecule has 1 aliphatic rings. The van der Waals surface area contributed by atoms with E-state index < -0.39 is 28.3 Å². The van der Waals surface area contributed by atoms with Gasteiger partial charge in [0.15, 0.2) is 0 Å². The first-order valence-corrected chi connectivity index (χ1v) is 13.0. The van der Waals surface area contributed by atoms with E-state index in [0.29, 0.717) is 28.6 Å². The molecule has 0 spiro atoms. The summed E-state index contributed by atoms with van der Waals surface area (Å²) in [6, 6.07) is 15.6. The minimum atomic E-state index is -3.52. The fourth-order valence-corrected chi connectivity index (χ4v) is 5.59. The summed E-state index contributed by atoms with van der Waals surface area (Å²) in [6.07, 6.45) is 1.45. The Kier molecular flexibility index (Phi) is 6.68. The molecule has 0 unspecified atom stereocenters. The third kappa shape index (κ3) is 5.07. The van der Waals surface area contributed by atoms with Crippen LogP contribution in [0.3, 0.4) is 0 Å². The monoisotopic (exact) mass is 498 g/mol. The van der Waals surface area contributed by atoms with Gasteiger partial charge in [0.2, 0.25) is 5.76 Å². The molecule has 0 fully saturated rings. The van der Waals surface area contributed by atoms with Gasteiger partial charge in [-0.2, -0.15) is 0 Å².